The molecule has 18 heavy (non-hydrogen) atoms. The molecule has 0 aliphatic heterocycles. The molecule has 0 unspecified atom stereocenters. The zero-order chi connectivity index (χ0) is 13.3. The van der Waals surface area contributed by atoms with Gasteiger partial charge in [-0.1, -0.05) is 29.3 Å². The van der Waals surface area contributed by atoms with Gasteiger partial charge >= 0.3 is 0 Å². The molecule has 0 saturated carbocycles. The quantitative estimate of drug-likeness (QED) is 0.839. The van der Waals surface area contributed by atoms with E-state index in [-0.39, 0.29) is 5.78 Å². The fraction of sp³-hybridized carbons (Fsp3) is 0.286. The van der Waals surface area contributed by atoms with Crippen molar-refractivity contribution in [1.29, 1.82) is 0 Å². The number of hydrogen-bond acceptors (Lipinski definition) is 3. The van der Waals surface area contributed by atoms with Crippen molar-refractivity contribution in [2.24, 2.45) is 7.05 Å². The van der Waals surface area contributed by atoms with Crippen molar-refractivity contribution >= 4 is 11.6 Å². The molecule has 0 radical (unpaired) electrons. The topological polar surface area (TPSA) is 60.9 Å². The molecule has 0 saturated heterocycles. The molecule has 0 atom stereocenters. The Morgan fingerprint density at radius 3 is 2.39 bits per heavy atom. The summed E-state index contributed by atoms with van der Waals surface area (Å²) >= 11 is 0. The number of aromatic nitrogens is 2. The number of ketones is 1. The molecule has 0 aliphatic carbocycles. The van der Waals surface area contributed by atoms with E-state index >= 15 is 0 Å². The first-order chi connectivity index (χ1) is 8.47. The molecule has 0 aliphatic rings. The molecule has 0 fully saturated rings. The maximum atomic E-state index is 12.1. The highest BCUT2D eigenvalue weighted by molar-refractivity contribution is 6.01. The highest BCUT2D eigenvalue weighted by Gasteiger charge is 2.14. The Bertz CT molecular complexity index is 579. The van der Waals surface area contributed by atoms with Gasteiger partial charge < -0.3 is 5.73 Å². The van der Waals surface area contributed by atoms with Gasteiger partial charge in [-0.3, -0.25) is 9.48 Å². The van der Waals surface area contributed by atoms with Gasteiger partial charge in [-0.05, 0) is 19.4 Å². The van der Waals surface area contributed by atoms with Crippen LogP contribution in [0, 0.1) is 13.8 Å². The van der Waals surface area contributed by atoms with Crippen LogP contribution in [-0.2, 0) is 13.5 Å². The number of nitrogens with zero attached hydrogens (tertiary/aromatic N) is 2. The number of hydrogen-bond donors (Lipinski definition) is 1. The lowest BCUT2D eigenvalue weighted by atomic mass is 10.0. The number of carbonyl (C=O) groups is 1. The summed E-state index contributed by atoms with van der Waals surface area (Å²) in [6.45, 7) is 4.05. The third-order valence-corrected chi connectivity index (χ3v) is 2.93. The molecule has 1 heterocycles. The number of nitrogen functional groups attached to an aromatic ring is 1. The Morgan fingerprint density at radius 1 is 1.28 bits per heavy atom. The van der Waals surface area contributed by atoms with Crippen LogP contribution < -0.4 is 5.73 Å². The van der Waals surface area contributed by atoms with E-state index in [2.05, 4.69) is 11.2 Å². The maximum Gasteiger partial charge on any atom is 0.172 e. The van der Waals surface area contributed by atoms with Crippen LogP contribution in [0.25, 0.3) is 0 Å². The van der Waals surface area contributed by atoms with Crippen LogP contribution in [0.4, 0.5) is 5.82 Å². The molecule has 2 N–H and O–H groups in total. The van der Waals surface area contributed by atoms with E-state index in [0.717, 1.165) is 16.7 Å². The van der Waals surface area contributed by atoms with Gasteiger partial charge in [0.25, 0.3) is 0 Å². The Hall–Kier alpha value is -2.10. The van der Waals surface area contributed by atoms with Crippen molar-refractivity contribution in [2.75, 3.05) is 5.73 Å². The Kier molecular flexibility index (Phi) is 3.19. The largest absolute Gasteiger partial charge is 0.383 e. The predicted molar refractivity (Wildman–Crippen MR) is 71.6 cm³/mol. The molecule has 0 bridgehead atoms. The van der Waals surface area contributed by atoms with E-state index in [0.29, 0.717) is 17.8 Å². The normalized spacial score (nSPS) is 10.6. The van der Waals surface area contributed by atoms with Crippen LogP contribution >= 0.6 is 0 Å². The van der Waals surface area contributed by atoms with E-state index in [1.165, 1.54) is 10.9 Å². The average molecular weight is 243 g/mol. The second-order valence-corrected chi connectivity index (χ2v) is 4.66. The molecule has 4 nitrogen and oxygen atoms in total. The number of benzene rings is 1. The van der Waals surface area contributed by atoms with Gasteiger partial charge in [0, 0.05) is 13.5 Å². The van der Waals surface area contributed by atoms with Crippen molar-refractivity contribution < 1.29 is 4.79 Å². The van der Waals surface area contributed by atoms with E-state index in [9.17, 15) is 4.79 Å². The minimum atomic E-state index is 0.00519. The summed E-state index contributed by atoms with van der Waals surface area (Å²) in [7, 11) is 1.73. The standard InChI is InChI=1S/C14H17N3O/c1-9-4-10(2)6-11(5-9)7-13(18)12-8-16-17(3)14(12)15/h4-6,8H,7,15H2,1-3H3. The van der Waals surface area contributed by atoms with Gasteiger partial charge in [-0.15, -0.1) is 0 Å². The zero-order valence-electron chi connectivity index (χ0n) is 10.9. The minimum Gasteiger partial charge on any atom is -0.383 e. The minimum absolute atomic E-state index is 0.00519. The Balaban J connectivity index is 2.24. The first-order valence-corrected chi connectivity index (χ1v) is 5.85. The van der Waals surface area contributed by atoms with Crippen LogP contribution in [-0.4, -0.2) is 15.6 Å². The number of Topliss-reactive ketones (excluding diaryl/α,β-unsaturated/α-hetero) is 1. The first-order valence-electron chi connectivity index (χ1n) is 5.85. The van der Waals surface area contributed by atoms with Crippen LogP contribution in [0.5, 0.6) is 0 Å². The maximum absolute atomic E-state index is 12.1. The fourth-order valence-electron chi connectivity index (χ4n) is 2.11. The first kappa shape index (κ1) is 12.4. The summed E-state index contributed by atoms with van der Waals surface area (Å²) < 4.78 is 1.51. The number of anilines is 1. The summed E-state index contributed by atoms with van der Waals surface area (Å²) in [5.74, 6) is 0.426. The molecule has 1 aromatic heterocycles. The van der Waals surface area contributed by atoms with Gasteiger partial charge in [-0.25, -0.2) is 0 Å². The number of carbonyl (C=O) groups excluding carboxylic acids is 1. The molecule has 0 spiro atoms. The summed E-state index contributed by atoms with van der Waals surface area (Å²) in [6.07, 6.45) is 1.89. The molecule has 0 amide bonds. The number of nitrogens with two attached hydrogens (primary N) is 1. The monoisotopic (exact) mass is 243 g/mol. The summed E-state index contributed by atoms with van der Waals surface area (Å²) in [5, 5.41) is 3.98. The smallest absolute Gasteiger partial charge is 0.172 e. The van der Waals surface area contributed by atoms with Crippen molar-refractivity contribution in [1.82, 2.24) is 9.78 Å². The molecule has 2 aromatic rings. The highest BCUT2D eigenvalue weighted by Crippen LogP contribution is 2.15. The number of aryl methyl sites for hydroxylation is 3. The van der Waals surface area contributed by atoms with Crippen molar-refractivity contribution in [3.05, 3.63) is 46.6 Å². The van der Waals surface area contributed by atoms with E-state index in [1.807, 2.05) is 26.0 Å². The molecule has 1 aromatic carbocycles. The van der Waals surface area contributed by atoms with Gasteiger partial charge in [-0.2, -0.15) is 5.10 Å². The third-order valence-electron chi connectivity index (χ3n) is 2.93. The third kappa shape index (κ3) is 2.42. The Morgan fingerprint density at radius 2 is 1.89 bits per heavy atom. The summed E-state index contributed by atoms with van der Waals surface area (Å²) in [5.41, 5.74) is 9.64. The number of rotatable bonds is 3. The van der Waals surface area contributed by atoms with Gasteiger partial charge in [0.1, 0.15) is 5.82 Å². The van der Waals surface area contributed by atoms with E-state index in [4.69, 9.17) is 5.73 Å². The highest BCUT2D eigenvalue weighted by atomic mass is 16.1. The predicted octanol–water partition coefficient (Wildman–Crippen LogP) is 2.04. The van der Waals surface area contributed by atoms with Crippen LogP contribution in [0.1, 0.15) is 27.0 Å². The summed E-state index contributed by atoms with van der Waals surface area (Å²) in [6, 6.07) is 6.14. The van der Waals surface area contributed by atoms with Crippen molar-refractivity contribution in [3.8, 4) is 0 Å². The SMILES string of the molecule is Cc1cc(C)cc(CC(=O)c2cnn(C)c2N)c1. The molecule has 94 valence electrons. The Labute approximate surface area is 106 Å². The second-order valence-electron chi connectivity index (χ2n) is 4.66. The van der Waals surface area contributed by atoms with E-state index < -0.39 is 0 Å². The van der Waals surface area contributed by atoms with Crippen LogP contribution in [0.15, 0.2) is 24.4 Å². The lowest BCUT2D eigenvalue weighted by Gasteiger charge is -2.04. The van der Waals surface area contributed by atoms with Crippen LogP contribution in [0.2, 0.25) is 0 Å². The molecule has 2 rings (SSSR count). The summed E-state index contributed by atoms with van der Waals surface area (Å²) in [4.78, 5) is 12.1. The fourth-order valence-corrected chi connectivity index (χ4v) is 2.11. The molecular weight excluding hydrogens is 226 g/mol. The lowest BCUT2D eigenvalue weighted by molar-refractivity contribution is 0.0994. The molecular formula is C14H17N3O. The zero-order valence-corrected chi connectivity index (χ0v) is 10.9. The van der Waals surface area contributed by atoms with Gasteiger partial charge in [0.05, 0.1) is 11.8 Å². The van der Waals surface area contributed by atoms with Crippen molar-refractivity contribution in [2.45, 2.75) is 20.3 Å². The van der Waals surface area contributed by atoms with Crippen LogP contribution in [0.3, 0.4) is 0 Å². The van der Waals surface area contributed by atoms with E-state index in [1.54, 1.807) is 7.05 Å². The second kappa shape index (κ2) is 4.64. The van der Waals surface area contributed by atoms with Crippen molar-refractivity contribution in [3.63, 3.8) is 0 Å². The van der Waals surface area contributed by atoms with Gasteiger partial charge in [0.2, 0.25) is 0 Å². The average Bonchev–Trinajstić information content (AvgIpc) is 2.58. The van der Waals surface area contributed by atoms with Gasteiger partial charge in [0.15, 0.2) is 5.78 Å². The lowest BCUT2D eigenvalue weighted by Crippen LogP contribution is -2.07. The molecule has 4 heteroatoms.